The summed E-state index contributed by atoms with van der Waals surface area (Å²) in [7, 11) is 0. The monoisotopic (exact) mass is 289 g/mol. The van der Waals surface area contributed by atoms with Crippen LogP contribution in [0.3, 0.4) is 0 Å². The summed E-state index contributed by atoms with van der Waals surface area (Å²) in [4.78, 5) is 12.2. The van der Waals surface area contributed by atoms with Crippen molar-refractivity contribution in [3.05, 3.63) is 69.5 Å². The van der Waals surface area contributed by atoms with Gasteiger partial charge < -0.3 is 0 Å². The van der Waals surface area contributed by atoms with Crippen LogP contribution >= 0.6 is 11.3 Å². The van der Waals surface area contributed by atoms with Gasteiger partial charge in [-0.05, 0) is 41.6 Å². The van der Waals surface area contributed by atoms with E-state index < -0.39 is 0 Å². The Morgan fingerprint density at radius 2 is 2.05 bits per heavy atom. The van der Waals surface area contributed by atoms with E-state index in [1.807, 2.05) is 18.4 Å². The van der Waals surface area contributed by atoms with E-state index in [-0.39, 0.29) is 11.5 Å². The topological polar surface area (TPSA) is 39.8 Å². The molecule has 0 aliphatic carbocycles. The van der Waals surface area contributed by atoms with Gasteiger partial charge in [-0.25, -0.2) is 18.4 Å². The van der Waals surface area contributed by atoms with Crippen molar-refractivity contribution in [1.29, 1.82) is 0 Å². The zero-order valence-electron chi connectivity index (χ0n) is 10.8. The first-order chi connectivity index (χ1) is 9.63. The van der Waals surface area contributed by atoms with E-state index >= 15 is 0 Å². The Hall–Kier alpha value is -2.21. The van der Waals surface area contributed by atoms with Gasteiger partial charge in [-0.3, -0.25) is 0 Å². The predicted octanol–water partition coefficient (Wildman–Crippen LogP) is 2.59. The van der Waals surface area contributed by atoms with Gasteiger partial charge in [0, 0.05) is 0 Å². The molecule has 0 unspecified atom stereocenters. The number of halogens is 1. The van der Waals surface area contributed by atoms with Crippen molar-refractivity contribution in [2.75, 3.05) is 0 Å². The highest BCUT2D eigenvalue weighted by molar-refractivity contribution is 7.12. The molecule has 0 fully saturated rings. The van der Waals surface area contributed by atoms with E-state index in [0.29, 0.717) is 6.54 Å². The number of benzene rings is 1. The van der Waals surface area contributed by atoms with E-state index in [2.05, 4.69) is 5.10 Å². The quantitative estimate of drug-likeness (QED) is 0.743. The summed E-state index contributed by atoms with van der Waals surface area (Å²) in [6.45, 7) is 2.31. The first kappa shape index (κ1) is 12.8. The minimum Gasteiger partial charge on any atom is -0.246 e. The predicted molar refractivity (Wildman–Crippen MR) is 75.9 cm³/mol. The van der Waals surface area contributed by atoms with Gasteiger partial charge in [0.15, 0.2) is 0 Å². The van der Waals surface area contributed by atoms with Gasteiger partial charge in [-0.1, -0.05) is 12.1 Å². The largest absolute Gasteiger partial charge is 0.351 e. The number of nitrogens with zero attached hydrogens (tertiary/aromatic N) is 3. The molecule has 0 saturated heterocycles. The van der Waals surface area contributed by atoms with E-state index in [1.54, 1.807) is 12.1 Å². The second-order valence-electron chi connectivity index (χ2n) is 4.53. The molecular formula is C14H12FN3OS. The number of aromatic nitrogens is 3. The van der Waals surface area contributed by atoms with Crippen LogP contribution in [0.1, 0.15) is 11.1 Å². The number of aryl methyl sites for hydroxylation is 1. The fraction of sp³-hybridized carbons (Fsp3) is 0.143. The fourth-order valence-corrected chi connectivity index (χ4v) is 2.77. The van der Waals surface area contributed by atoms with Gasteiger partial charge in [-0.2, -0.15) is 5.10 Å². The van der Waals surface area contributed by atoms with Gasteiger partial charge in [0.2, 0.25) is 0 Å². The average Bonchev–Trinajstić information content (AvgIpc) is 3.00. The molecule has 1 aromatic carbocycles. The van der Waals surface area contributed by atoms with Crippen molar-refractivity contribution >= 4 is 11.3 Å². The summed E-state index contributed by atoms with van der Waals surface area (Å²) in [5.41, 5.74) is 1.75. The number of rotatable bonds is 3. The average molecular weight is 289 g/mol. The van der Waals surface area contributed by atoms with Crippen LogP contribution in [0.15, 0.2) is 46.8 Å². The molecule has 0 spiro atoms. The normalized spacial score (nSPS) is 10.9. The Morgan fingerprint density at radius 3 is 2.70 bits per heavy atom. The maximum absolute atomic E-state index is 12.8. The minimum atomic E-state index is -0.291. The standard InChI is InChI=1S/C14H12FN3OS/c1-10-6-13(20-8-10)17-9-16-18(14(17)19)7-11-2-4-12(15)5-3-11/h2-6,8-9H,7H2,1H3. The molecule has 0 atom stereocenters. The molecule has 3 rings (SSSR count). The lowest BCUT2D eigenvalue weighted by Crippen LogP contribution is -2.23. The molecule has 2 heterocycles. The maximum Gasteiger partial charge on any atom is 0.351 e. The number of hydrogen-bond donors (Lipinski definition) is 0. The molecule has 3 aromatic rings. The molecule has 20 heavy (non-hydrogen) atoms. The highest BCUT2D eigenvalue weighted by atomic mass is 32.1. The van der Waals surface area contributed by atoms with Crippen molar-refractivity contribution in [2.24, 2.45) is 0 Å². The molecule has 0 aliphatic heterocycles. The van der Waals surface area contributed by atoms with Gasteiger partial charge in [0.05, 0.1) is 6.54 Å². The van der Waals surface area contributed by atoms with Crippen LogP contribution in [0.4, 0.5) is 4.39 Å². The van der Waals surface area contributed by atoms with Crippen LogP contribution in [0.2, 0.25) is 0 Å². The van der Waals surface area contributed by atoms with Gasteiger partial charge >= 0.3 is 5.69 Å². The van der Waals surface area contributed by atoms with Crippen LogP contribution in [0, 0.1) is 12.7 Å². The number of thiophene rings is 1. The molecule has 0 radical (unpaired) electrons. The van der Waals surface area contributed by atoms with Crippen molar-refractivity contribution in [2.45, 2.75) is 13.5 Å². The van der Waals surface area contributed by atoms with Crippen molar-refractivity contribution in [3.8, 4) is 5.00 Å². The first-order valence-electron chi connectivity index (χ1n) is 6.08. The van der Waals surface area contributed by atoms with Crippen molar-refractivity contribution < 1.29 is 4.39 Å². The lowest BCUT2D eigenvalue weighted by Gasteiger charge is -2.00. The summed E-state index contributed by atoms with van der Waals surface area (Å²) < 4.78 is 15.7. The second kappa shape index (κ2) is 5.05. The Bertz CT molecular complexity index is 785. The van der Waals surface area contributed by atoms with E-state index in [4.69, 9.17) is 0 Å². The number of hydrogen-bond acceptors (Lipinski definition) is 3. The summed E-state index contributed by atoms with van der Waals surface area (Å²) in [6.07, 6.45) is 1.51. The molecule has 0 bridgehead atoms. The van der Waals surface area contributed by atoms with E-state index in [9.17, 15) is 9.18 Å². The fourth-order valence-electron chi connectivity index (χ4n) is 1.90. The van der Waals surface area contributed by atoms with Crippen molar-refractivity contribution in [3.63, 3.8) is 0 Å². The molecule has 102 valence electrons. The molecule has 2 aromatic heterocycles. The SMILES string of the molecule is Cc1csc(-n2cnn(Cc3ccc(F)cc3)c2=O)c1. The third kappa shape index (κ3) is 2.42. The highest BCUT2D eigenvalue weighted by Crippen LogP contribution is 2.16. The van der Waals surface area contributed by atoms with Crippen LogP contribution < -0.4 is 5.69 Å². The lowest BCUT2D eigenvalue weighted by molar-refractivity contribution is 0.622. The summed E-state index contributed by atoms with van der Waals surface area (Å²) in [5, 5.41) is 6.93. The van der Waals surface area contributed by atoms with Gasteiger partial charge in [-0.15, -0.1) is 11.3 Å². The van der Waals surface area contributed by atoms with E-state index in [1.165, 1.54) is 39.0 Å². The minimum absolute atomic E-state index is 0.198. The molecule has 0 N–H and O–H groups in total. The Morgan fingerprint density at radius 1 is 1.30 bits per heavy atom. The third-order valence-electron chi connectivity index (χ3n) is 2.93. The zero-order valence-corrected chi connectivity index (χ0v) is 11.6. The Balaban J connectivity index is 1.91. The highest BCUT2D eigenvalue weighted by Gasteiger charge is 2.08. The van der Waals surface area contributed by atoms with Crippen LogP contribution in [0.5, 0.6) is 0 Å². The lowest BCUT2D eigenvalue weighted by atomic mass is 10.2. The third-order valence-corrected chi connectivity index (χ3v) is 3.98. The molecular weight excluding hydrogens is 277 g/mol. The smallest absolute Gasteiger partial charge is 0.246 e. The molecule has 6 heteroatoms. The summed E-state index contributed by atoms with van der Waals surface area (Å²) >= 11 is 1.50. The summed E-state index contributed by atoms with van der Waals surface area (Å²) in [6, 6.07) is 7.99. The second-order valence-corrected chi connectivity index (χ2v) is 5.42. The molecule has 0 aliphatic rings. The van der Waals surface area contributed by atoms with Crippen LogP contribution in [-0.4, -0.2) is 14.3 Å². The van der Waals surface area contributed by atoms with Crippen LogP contribution in [-0.2, 0) is 6.54 Å². The van der Waals surface area contributed by atoms with Crippen LogP contribution in [0.25, 0.3) is 5.00 Å². The Kier molecular flexibility index (Phi) is 3.23. The molecule has 4 nitrogen and oxygen atoms in total. The summed E-state index contributed by atoms with van der Waals surface area (Å²) in [5.74, 6) is -0.291. The molecule has 0 amide bonds. The van der Waals surface area contributed by atoms with E-state index in [0.717, 1.165) is 16.1 Å². The van der Waals surface area contributed by atoms with Gasteiger partial charge in [0.25, 0.3) is 0 Å². The van der Waals surface area contributed by atoms with Gasteiger partial charge in [0.1, 0.15) is 17.1 Å². The zero-order chi connectivity index (χ0) is 14.1. The first-order valence-corrected chi connectivity index (χ1v) is 6.96. The van der Waals surface area contributed by atoms with Crippen molar-refractivity contribution in [1.82, 2.24) is 14.3 Å². The Labute approximate surface area is 118 Å². The maximum atomic E-state index is 12.8. The molecule has 0 saturated carbocycles.